The molecule has 0 aliphatic carbocycles. The molecule has 0 spiro atoms. The second-order valence-electron chi connectivity index (χ2n) is 8.11. The number of benzene rings is 2. The molecule has 2 atom stereocenters. The molecule has 1 heterocycles. The van der Waals surface area contributed by atoms with Gasteiger partial charge in [-0.1, -0.05) is 54.6 Å². The molecule has 2 N–H and O–H groups in total. The molecule has 1 unspecified atom stereocenters. The largest absolute Gasteiger partial charge is 0.433 e. The van der Waals surface area contributed by atoms with Gasteiger partial charge in [-0.15, -0.1) is 0 Å². The van der Waals surface area contributed by atoms with Crippen LogP contribution in [-0.4, -0.2) is 17.9 Å². The van der Waals surface area contributed by atoms with Gasteiger partial charge in [-0.2, -0.15) is 13.2 Å². The minimum absolute atomic E-state index is 0.161. The Labute approximate surface area is 192 Å². The van der Waals surface area contributed by atoms with Gasteiger partial charge in [0.15, 0.2) is 0 Å². The first-order valence-electron chi connectivity index (χ1n) is 10.8. The van der Waals surface area contributed by atoms with E-state index in [1.54, 1.807) is 7.05 Å². The van der Waals surface area contributed by atoms with Gasteiger partial charge >= 0.3 is 6.18 Å². The third-order valence-electron chi connectivity index (χ3n) is 5.78. The van der Waals surface area contributed by atoms with Crippen molar-refractivity contribution in [2.45, 2.75) is 44.9 Å². The first-order chi connectivity index (χ1) is 15.7. The lowest BCUT2D eigenvalue weighted by atomic mass is 9.94. The molecule has 7 heteroatoms. The average molecular weight is 456 g/mol. The van der Waals surface area contributed by atoms with Crippen LogP contribution in [0.1, 0.15) is 52.0 Å². The van der Waals surface area contributed by atoms with E-state index in [0.717, 1.165) is 28.3 Å². The van der Waals surface area contributed by atoms with Gasteiger partial charge in [-0.3, -0.25) is 15.1 Å². The molecule has 0 saturated carbocycles. The molecule has 33 heavy (non-hydrogen) atoms. The van der Waals surface area contributed by atoms with Gasteiger partial charge in [0.2, 0.25) is 5.91 Å². The first-order valence-corrected chi connectivity index (χ1v) is 10.8. The normalized spacial score (nSPS) is 13.4. The number of alkyl halides is 3. The second kappa shape index (κ2) is 10.6. The van der Waals surface area contributed by atoms with E-state index in [1.165, 1.54) is 12.3 Å². The average Bonchev–Trinajstić information content (AvgIpc) is 2.81. The predicted molar refractivity (Wildman–Crippen MR) is 123 cm³/mol. The Morgan fingerprint density at radius 2 is 1.70 bits per heavy atom. The third-order valence-corrected chi connectivity index (χ3v) is 5.78. The van der Waals surface area contributed by atoms with Crippen LogP contribution in [0.25, 0.3) is 0 Å². The van der Waals surface area contributed by atoms with Crippen molar-refractivity contribution in [2.24, 2.45) is 0 Å². The molecule has 3 aromatic rings. The lowest BCUT2D eigenvalue weighted by Crippen LogP contribution is -2.38. The van der Waals surface area contributed by atoms with Crippen molar-refractivity contribution in [2.75, 3.05) is 7.05 Å². The Morgan fingerprint density at radius 1 is 0.970 bits per heavy atom. The van der Waals surface area contributed by atoms with Crippen LogP contribution in [0.3, 0.4) is 0 Å². The van der Waals surface area contributed by atoms with Crippen molar-refractivity contribution in [3.05, 3.63) is 100 Å². The number of carbonyl (C=O) groups excluding carboxylic acids is 1. The minimum atomic E-state index is -4.46. The van der Waals surface area contributed by atoms with E-state index < -0.39 is 17.9 Å². The highest BCUT2D eigenvalue weighted by molar-refractivity contribution is 5.83. The summed E-state index contributed by atoms with van der Waals surface area (Å²) in [7, 11) is 1.60. The Balaban J connectivity index is 1.87. The van der Waals surface area contributed by atoms with Gasteiger partial charge in [-0.25, -0.2) is 0 Å². The number of rotatable bonds is 8. The van der Waals surface area contributed by atoms with E-state index in [1.807, 2.05) is 56.3 Å². The zero-order valence-electron chi connectivity index (χ0n) is 18.9. The van der Waals surface area contributed by atoms with Gasteiger partial charge in [0.25, 0.3) is 0 Å². The minimum Gasteiger partial charge on any atom is -0.358 e. The van der Waals surface area contributed by atoms with E-state index in [-0.39, 0.29) is 11.9 Å². The number of carbonyl (C=O) groups is 1. The number of halogens is 3. The third kappa shape index (κ3) is 6.42. The summed E-state index contributed by atoms with van der Waals surface area (Å²) in [5.41, 5.74) is 3.94. The number of aryl methyl sites for hydroxylation is 3. The van der Waals surface area contributed by atoms with Crippen molar-refractivity contribution in [1.82, 2.24) is 15.6 Å². The highest BCUT2D eigenvalue weighted by Crippen LogP contribution is 2.29. The van der Waals surface area contributed by atoms with Gasteiger partial charge in [0.05, 0.1) is 0 Å². The summed E-state index contributed by atoms with van der Waals surface area (Å²) in [6.07, 6.45) is -2.10. The van der Waals surface area contributed by atoms with Crippen LogP contribution < -0.4 is 10.6 Å². The van der Waals surface area contributed by atoms with E-state index in [0.29, 0.717) is 18.4 Å². The maximum Gasteiger partial charge on any atom is 0.433 e. The maximum atomic E-state index is 12.8. The molecular formula is C26H28F3N3O. The first kappa shape index (κ1) is 24.5. The van der Waals surface area contributed by atoms with Gasteiger partial charge in [0.1, 0.15) is 11.7 Å². The van der Waals surface area contributed by atoms with Crippen LogP contribution in [0.2, 0.25) is 0 Å². The van der Waals surface area contributed by atoms with Crippen LogP contribution in [-0.2, 0) is 17.4 Å². The number of amides is 1. The molecule has 1 aromatic heterocycles. The van der Waals surface area contributed by atoms with Gasteiger partial charge < -0.3 is 5.32 Å². The highest BCUT2D eigenvalue weighted by atomic mass is 19.4. The molecular weight excluding hydrogens is 427 g/mol. The van der Waals surface area contributed by atoms with Crippen LogP contribution in [0.15, 0.2) is 66.9 Å². The number of likely N-dealkylation sites (N-methyl/N-ethyl adjacent to an activating group) is 1. The van der Waals surface area contributed by atoms with Crippen LogP contribution in [0.5, 0.6) is 0 Å². The molecule has 0 aliphatic heterocycles. The molecule has 0 saturated heterocycles. The topological polar surface area (TPSA) is 54.0 Å². The zero-order valence-corrected chi connectivity index (χ0v) is 18.9. The number of pyridine rings is 1. The van der Waals surface area contributed by atoms with E-state index >= 15 is 0 Å². The lowest BCUT2D eigenvalue weighted by molar-refractivity contribution is -0.141. The lowest BCUT2D eigenvalue weighted by Gasteiger charge is -2.26. The molecule has 1 amide bonds. The number of nitrogens with zero attached hydrogens (tertiary/aromatic N) is 1. The van der Waals surface area contributed by atoms with Crippen molar-refractivity contribution in [1.29, 1.82) is 0 Å². The van der Waals surface area contributed by atoms with Crippen molar-refractivity contribution in [3.63, 3.8) is 0 Å². The number of nitrogens with one attached hydrogen (secondary N) is 2. The summed E-state index contributed by atoms with van der Waals surface area (Å²) in [6, 6.07) is 17.3. The summed E-state index contributed by atoms with van der Waals surface area (Å²) in [6.45, 7) is 4.07. The molecule has 4 nitrogen and oxygen atoms in total. The standard InChI is InChI=1S/C26H28F3N3O/c1-17-9-12-21(15-18(17)2)22(13-10-19-11-14-23(31-16-19)26(27,28)29)32-24(25(33)30-3)20-7-5-4-6-8-20/h4-9,11-12,14-16,22,24,32H,10,13H2,1-3H3,(H,30,33)/t22-,24?/m1/s1. The Bertz CT molecular complexity index is 1070. The molecule has 3 rings (SSSR count). The fourth-order valence-electron chi connectivity index (χ4n) is 3.69. The maximum absolute atomic E-state index is 12.8. The van der Waals surface area contributed by atoms with Crippen LogP contribution in [0.4, 0.5) is 13.2 Å². The van der Waals surface area contributed by atoms with E-state index in [4.69, 9.17) is 0 Å². The molecule has 2 aromatic carbocycles. The number of hydrogen-bond donors (Lipinski definition) is 2. The SMILES string of the molecule is CNC(=O)C(N[C@H](CCc1ccc(C(F)(F)F)nc1)c1ccc(C)c(C)c1)c1ccccc1. The molecule has 0 fully saturated rings. The zero-order chi connectivity index (χ0) is 24.0. The predicted octanol–water partition coefficient (Wildman–Crippen LogP) is 5.47. The summed E-state index contributed by atoms with van der Waals surface area (Å²) in [5.74, 6) is -0.161. The monoisotopic (exact) mass is 455 g/mol. The highest BCUT2D eigenvalue weighted by Gasteiger charge is 2.32. The van der Waals surface area contributed by atoms with Crippen molar-refractivity contribution in [3.8, 4) is 0 Å². The fraction of sp³-hybridized carbons (Fsp3) is 0.308. The van der Waals surface area contributed by atoms with Gasteiger partial charge in [0, 0.05) is 19.3 Å². The Morgan fingerprint density at radius 3 is 2.27 bits per heavy atom. The van der Waals surface area contributed by atoms with E-state index in [9.17, 15) is 18.0 Å². The quantitative estimate of drug-likeness (QED) is 0.474. The summed E-state index contributed by atoms with van der Waals surface area (Å²) in [5, 5.41) is 6.19. The van der Waals surface area contributed by atoms with E-state index in [2.05, 4.69) is 21.7 Å². The number of aromatic nitrogens is 1. The Kier molecular flexibility index (Phi) is 7.87. The number of hydrogen-bond acceptors (Lipinski definition) is 3. The summed E-state index contributed by atoms with van der Waals surface area (Å²) >= 11 is 0. The van der Waals surface area contributed by atoms with Crippen molar-refractivity contribution >= 4 is 5.91 Å². The van der Waals surface area contributed by atoms with Crippen molar-refractivity contribution < 1.29 is 18.0 Å². The fourth-order valence-corrected chi connectivity index (χ4v) is 3.69. The van der Waals surface area contributed by atoms with Crippen LogP contribution >= 0.6 is 0 Å². The molecule has 0 aliphatic rings. The Hall–Kier alpha value is -3.19. The summed E-state index contributed by atoms with van der Waals surface area (Å²) < 4.78 is 38.5. The molecule has 174 valence electrons. The second-order valence-corrected chi connectivity index (χ2v) is 8.11. The van der Waals surface area contributed by atoms with Crippen LogP contribution in [0, 0.1) is 13.8 Å². The smallest absolute Gasteiger partial charge is 0.358 e. The molecule has 0 bridgehead atoms. The van der Waals surface area contributed by atoms with Gasteiger partial charge in [-0.05, 0) is 60.6 Å². The summed E-state index contributed by atoms with van der Waals surface area (Å²) in [4.78, 5) is 16.3. The molecule has 0 radical (unpaired) electrons.